The van der Waals surface area contributed by atoms with Gasteiger partial charge in [-0.1, -0.05) is 48.1 Å². The molecule has 0 aromatic heterocycles. The fourth-order valence-electron chi connectivity index (χ4n) is 3.32. The number of nitrogen functional groups attached to an aromatic ring is 1. The monoisotopic (exact) mass is 354 g/mol. The van der Waals surface area contributed by atoms with Crippen molar-refractivity contribution in [3.8, 4) is 0 Å². The number of nitrogens with two attached hydrogens (primary N) is 1. The van der Waals surface area contributed by atoms with Crippen LogP contribution in [0.4, 0.5) is 5.69 Å². The number of anilines is 1. The Labute approximate surface area is 156 Å². The Kier molecular flexibility index (Phi) is 6.17. The predicted molar refractivity (Wildman–Crippen MR) is 110 cm³/mol. The van der Waals surface area contributed by atoms with Crippen molar-refractivity contribution < 1.29 is 0 Å². The first kappa shape index (κ1) is 18.0. The van der Waals surface area contributed by atoms with Gasteiger partial charge in [0.05, 0.1) is 5.38 Å². The van der Waals surface area contributed by atoms with Gasteiger partial charge >= 0.3 is 0 Å². The second-order valence-electron chi connectivity index (χ2n) is 6.89. The van der Waals surface area contributed by atoms with E-state index in [1.54, 1.807) is 0 Å². The van der Waals surface area contributed by atoms with E-state index in [0.717, 1.165) is 44.6 Å². The third kappa shape index (κ3) is 5.10. The van der Waals surface area contributed by atoms with E-state index in [0.29, 0.717) is 0 Å². The third-order valence-corrected chi connectivity index (χ3v) is 5.21. The Morgan fingerprint density at radius 1 is 1.32 bits per heavy atom. The first-order valence-electron chi connectivity index (χ1n) is 9.08. The van der Waals surface area contributed by atoms with Crippen LogP contribution in [0, 0.1) is 6.92 Å². The van der Waals surface area contributed by atoms with Crippen LogP contribution in [-0.4, -0.2) is 29.9 Å². The molecule has 0 radical (unpaired) electrons. The lowest BCUT2D eigenvalue weighted by atomic mass is 9.96. The second-order valence-corrected chi connectivity index (χ2v) is 7.45. The van der Waals surface area contributed by atoms with Crippen LogP contribution in [0.2, 0.25) is 0 Å². The molecular formula is C22H27ClN2. The van der Waals surface area contributed by atoms with E-state index in [1.165, 1.54) is 22.3 Å². The van der Waals surface area contributed by atoms with Gasteiger partial charge in [-0.05, 0) is 49.5 Å². The number of hydrogen-bond acceptors (Lipinski definition) is 2. The van der Waals surface area contributed by atoms with Crippen LogP contribution in [0.25, 0.3) is 5.57 Å². The van der Waals surface area contributed by atoms with E-state index in [2.05, 4.69) is 60.4 Å². The molecule has 1 aromatic rings. The van der Waals surface area contributed by atoms with Crippen molar-refractivity contribution in [1.82, 2.24) is 4.90 Å². The Morgan fingerprint density at radius 3 is 3.00 bits per heavy atom. The van der Waals surface area contributed by atoms with Crippen molar-refractivity contribution in [3.63, 3.8) is 0 Å². The topological polar surface area (TPSA) is 29.3 Å². The minimum absolute atomic E-state index is 0.168. The summed E-state index contributed by atoms with van der Waals surface area (Å²) in [5, 5.41) is 0.168. The Hall–Kier alpha value is -1.77. The maximum absolute atomic E-state index is 6.16. The molecule has 25 heavy (non-hydrogen) atoms. The van der Waals surface area contributed by atoms with Crippen LogP contribution in [-0.2, 0) is 0 Å². The molecule has 3 rings (SSSR count). The number of rotatable bonds is 4. The van der Waals surface area contributed by atoms with E-state index >= 15 is 0 Å². The Bertz CT molecular complexity index is 728. The van der Waals surface area contributed by atoms with Crippen LogP contribution >= 0.6 is 11.6 Å². The Balaban J connectivity index is 1.56. The van der Waals surface area contributed by atoms with Gasteiger partial charge in [0, 0.05) is 30.9 Å². The first-order valence-corrected chi connectivity index (χ1v) is 9.52. The first-order chi connectivity index (χ1) is 12.1. The Morgan fingerprint density at radius 2 is 2.20 bits per heavy atom. The van der Waals surface area contributed by atoms with Gasteiger partial charge in [-0.25, -0.2) is 0 Å². The van der Waals surface area contributed by atoms with Crippen LogP contribution in [0.5, 0.6) is 0 Å². The molecule has 1 aromatic carbocycles. The van der Waals surface area contributed by atoms with Gasteiger partial charge in [0.25, 0.3) is 0 Å². The molecule has 1 heterocycles. The summed E-state index contributed by atoms with van der Waals surface area (Å²) < 4.78 is 0. The maximum atomic E-state index is 6.16. The molecule has 1 atom stereocenters. The van der Waals surface area contributed by atoms with Crippen molar-refractivity contribution in [1.29, 1.82) is 0 Å². The molecule has 0 spiro atoms. The molecule has 2 nitrogen and oxygen atoms in total. The van der Waals surface area contributed by atoms with Gasteiger partial charge in [-0.2, -0.15) is 0 Å². The molecule has 1 unspecified atom stereocenters. The number of nitrogens with zero attached hydrogens (tertiary/aromatic N) is 1. The number of halogens is 1. The summed E-state index contributed by atoms with van der Waals surface area (Å²) in [6, 6.07) is 6.29. The van der Waals surface area contributed by atoms with E-state index in [4.69, 9.17) is 17.3 Å². The fourth-order valence-corrected chi connectivity index (χ4v) is 3.52. The molecule has 0 fully saturated rings. The molecule has 0 saturated heterocycles. The molecule has 1 aliphatic carbocycles. The van der Waals surface area contributed by atoms with Gasteiger partial charge in [-0.15, -0.1) is 11.6 Å². The molecule has 0 saturated carbocycles. The van der Waals surface area contributed by atoms with Gasteiger partial charge in [-0.3, -0.25) is 4.90 Å². The van der Waals surface area contributed by atoms with Crippen LogP contribution in [0.15, 0.2) is 60.2 Å². The minimum Gasteiger partial charge on any atom is -0.398 e. The molecule has 3 heteroatoms. The van der Waals surface area contributed by atoms with Gasteiger partial charge in [0.15, 0.2) is 0 Å². The van der Waals surface area contributed by atoms with Gasteiger partial charge in [0.1, 0.15) is 0 Å². The molecule has 2 aliphatic rings. The van der Waals surface area contributed by atoms with Crippen LogP contribution in [0.1, 0.15) is 30.4 Å². The lowest BCUT2D eigenvalue weighted by Gasteiger charge is -2.26. The second kappa shape index (κ2) is 8.55. The number of benzene rings is 1. The summed E-state index contributed by atoms with van der Waals surface area (Å²) in [6.45, 7) is 5.14. The lowest BCUT2D eigenvalue weighted by Crippen LogP contribution is -2.28. The van der Waals surface area contributed by atoms with Crippen LogP contribution < -0.4 is 5.73 Å². The summed E-state index contributed by atoms with van der Waals surface area (Å²) in [4.78, 5) is 2.46. The van der Waals surface area contributed by atoms with Crippen molar-refractivity contribution in [2.75, 3.05) is 25.4 Å². The van der Waals surface area contributed by atoms with Crippen LogP contribution in [0.3, 0.4) is 0 Å². The number of alkyl halides is 1. The number of aryl methyl sites for hydroxylation is 1. The SMILES string of the molecule is Cc1ccc(N)c(C2=CCN(C/C=C/C3=CCCC(Cl)C=C3)CC2)c1. The quantitative estimate of drug-likeness (QED) is 0.601. The fraction of sp³-hybridized carbons (Fsp3) is 0.364. The minimum atomic E-state index is 0.168. The maximum Gasteiger partial charge on any atom is 0.0522 e. The van der Waals surface area contributed by atoms with Crippen molar-refractivity contribution in [2.45, 2.75) is 31.6 Å². The predicted octanol–water partition coefficient (Wildman–Crippen LogP) is 5.11. The number of allylic oxidation sites excluding steroid dienone is 5. The molecule has 2 N–H and O–H groups in total. The lowest BCUT2D eigenvalue weighted by molar-refractivity contribution is 0.334. The summed E-state index contributed by atoms with van der Waals surface area (Å²) in [7, 11) is 0. The van der Waals surface area contributed by atoms with E-state index in [-0.39, 0.29) is 5.38 Å². The normalized spacial score (nSPS) is 21.9. The highest BCUT2D eigenvalue weighted by atomic mass is 35.5. The molecule has 132 valence electrons. The van der Waals surface area contributed by atoms with Gasteiger partial charge < -0.3 is 5.73 Å². The van der Waals surface area contributed by atoms with E-state index in [1.807, 2.05) is 6.07 Å². The molecule has 0 amide bonds. The van der Waals surface area contributed by atoms with Crippen molar-refractivity contribution in [2.24, 2.45) is 0 Å². The van der Waals surface area contributed by atoms with Crippen molar-refractivity contribution >= 4 is 22.9 Å². The molecular weight excluding hydrogens is 328 g/mol. The van der Waals surface area contributed by atoms with Gasteiger partial charge in [0.2, 0.25) is 0 Å². The highest BCUT2D eigenvalue weighted by Crippen LogP contribution is 2.28. The van der Waals surface area contributed by atoms with E-state index in [9.17, 15) is 0 Å². The molecule has 1 aliphatic heterocycles. The zero-order valence-electron chi connectivity index (χ0n) is 14.9. The van der Waals surface area contributed by atoms with Crippen molar-refractivity contribution in [3.05, 3.63) is 71.4 Å². The number of hydrogen-bond donors (Lipinski definition) is 1. The van der Waals surface area contributed by atoms with E-state index < -0.39 is 0 Å². The summed E-state index contributed by atoms with van der Waals surface area (Å²) in [6.07, 6.45) is 16.4. The average Bonchev–Trinajstić information content (AvgIpc) is 2.82. The summed E-state index contributed by atoms with van der Waals surface area (Å²) in [5.74, 6) is 0. The largest absolute Gasteiger partial charge is 0.398 e. The zero-order valence-corrected chi connectivity index (χ0v) is 15.7. The highest BCUT2D eigenvalue weighted by Gasteiger charge is 2.13. The zero-order chi connectivity index (χ0) is 17.6. The third-order valence-electron chi connectivity index (χ3n) is 4.84. The summed E-state index contributed by atoms with van der Waals surface area (Å²) >= 11 is 6.16. The average molecular weight is 355 g/mol. The standard InChI is InChI=1S/C22H27ClN2/c1-17-7-10-22(24)21(16-17)19-11-14-25(15-12-19)13-3-5-18-4-2-6-20(23)9-8-18/h3-5,7-11,16,20H,2,6,12-15,24H2,1H3/b5-3+. The summed E-state index contributed by atoms with van der Waals surface area (Å²) in [5.41, 5.74) is 12.2. The smallest absolute Gasteiger partial charge is 0.0522 e. The highest BCUT2D eigenvalue weighted by molar-refractivity contribution is 6.21. The molecule has 0 bridgehead atoms.